The average molecular weight is 725 g/mol. The van der Waals surface area contributed by atoms with E-state index in [4.69, 9.17) is 9.47 Å². The number of hydrogen-bond acceptors (Lipinski definition) is 7. The highest BCUT2D eigenvalue weighted by molar-refractivity contribution is 5.76. The Kier molecular flexibility index (Phi) is 13.6. The summed E-state index contributed by atoms with van der Waals surface area (Å²) in [4.78, 5) is 38.7. The van der Waals surface area contributed by atoms with Gasteiger partial charge < -0.3 is 24.8 Å². The third kappa shape index (κ3) is 12.0. The monoisotopic (exact) mass is 724 g/mol. The van der Waals surface area contributed by atoms with Crippen LogP contribution in [-0.2, 0) is 58.4 Å². The first-order chi connectivity index (χ1) is 23.3. The van der Waals surface area contributed by atoms with Crippen LogP contribution >= 0.6 is 0 Å². The van der Waals surface area contributed by atoms with Gasteiger partial charge in [0, 0.05) is 18.3 Å². The lowest BCUT2D eigenvalue weighted by Gasteiger charge is -2.36. The zero-order valence-electron chi connectivity index (χ0n) is 35.0. The second kappa shape index (κ2) is 15.8. The average Bonchev–Trinajstić information content (AvgIpc) is 2.96. The number of aliphatic carboxylic acids is 1. The highest BCUT2D eigenvalue weighted by Crippen LogP contribution is 2.42. The Morgan fingerprint density at radius 3 is 1.21 bits per heavy atom. The molecule has 52 heavy (non-hydrogen) atoms. The summed E-state index contributed by atoms with van der Waals surface area (Å²) in [5.41, 5.74) is 1.79. The minimum absolute atomic E-state index is 0.0182. The third-order valence-corrected chi connectivity index (χ3v) is 9.80. The van der Waals surface area contributed by atoms with Crippen molar-refractivity contribution < 1.29 is 39.2 Å². The number of ether oxygens (including phenoxy) is 2. The van der Waals surface area contributed by atoms with E-state index in [9.17, 15) is 29.7 Å². The number of esters is 2. The smallest absolute Gasteiger partial charge is 0.312 e. The summed E-state index contributed by atoms with van der Waals surface area (Å²) in [5, 5.41) is 32.2. The first-order valence-electron chi connectivity index (χ1n) is 18.6. The van der Waals surface area contributed by atoms with Gasteiger partial charge in [-0.25, -0.2) is 0 Å². The van der Waals surface area contributed by atoms with Crippen LogP contribution in [0.3, 0.4) is 0 Å². The number of aromatic hydroxyl groups is 2. The van der Waals surface area contributed by atoms with Gasteiger partial charge in [-0.15, -0.1) is 0 Å². The fourth-order valence-electron chi connectivity index (χ4n) is 6.17. The Morgan fingerprint density at radius 2 is 0.904 bits per heavy atom. The molecular weight excluding hydrogens is 656 g/mol. The molecule has 0 aliphatic heterocycles. The summed E-state index contributed by atoms with van der Waals surface area (Å²) in [5.74, 6) is -1.45. The normalized spacial score (nSPS) is 13.8. The Bertz CT molecular complexity index is 1530. The summed E-state index contributed by atoms with van der Waals surface area (Å²) in [6.07, 6.45) is 0.150. The number of benzene rings is 2. The van der Waals surface area contributed by atoms with Crippen molar-refractivity contribution in [3.63, 3.8) is 0 Å². The van der Waals surface area contributed by atoms with Crippen molar-refractivity contribution in [2.75, 3.05) is 6.61 Å². The molecule has 0 aliphatic carbocycles. The van der Waals surface area contributed by atoms with Gasteiger partial charge in [0.2, 0.25) is 0 Å². The molecule has 8 heteroatoms. The van der Waals surface area contributed by atoms with Crippen molar-refractivity contribution in [2.24, 2.45) is 10.8 Å². The first-order valence-corrected chi connectivity index (χ1v) is 18.6. The summed E-state index contributed by atoms with van der Waals surface area (Å²) < 4.78 is 11.6. The molecule has 2 aromatic rings. The molecule has 3 N–H and O–H groups in total. The van der Waals surface area contributed by atoms with Crippen molar-refractivity contribution in [2.45, 2.75) is 171 Å². The lowest BCUT2D eigenvalue weighted by atomic mass is 9.76. The maximum atomic E-state index is 13.3. The van der Waals surface area contributed by atoms with E-state index in [0.29, 0.717) is 12.8 Å². The molecule has 0 saturated carbocycles. The molecule has 0 heterocycles. The maximum absolute atomic E-state index is 13.3. The van der Waals surface area contributed by atoms with Gasteiger partial charge in [-0.1, -0.05) is 121 Å². The predicted molar refractivity (Wildman–Crippen MR) is 208 cm³/mol. The largest absolute Gasteiger partial charge is 0.507 e. The Balaban J connectivity index is 2.18. The molecule has 0 saturated heterocycles. The SMILES string of the molecule is CC(C)(COC(=O)CCc1cc(C(C)(C)C)c(O)c(C(C)(C)C)c1)CC(OC(=O)CCc1cc(C(C)(C)C)c(O)c(C(C)(C)C)c1)C(C)(C)C(=O)O. The molecule has 0 fully saturated rings. The Morgan fingerprint density at radius 1 is 0.577 bits per heavy atom. The number of hydrogen-bond donors (Lipinski definition) is 3. The first kappa shape index (κ1) is 44.6. The molecule has 1 unspecified atom stereocenters. The van der Waals surface area contributed by atoms with Gasteiger partial charge in [0.1, 0.15) is 17.6 Å². The van der Waals surface area contributed by atoms with Crippen LogP contribution in [0.2, 0.25) is 0 Å². The van der Waals surface area contributed by atoms with Gasteiger partial charge in [0.15, 0.2) is 0 Å². The lowest BCUT2D eigenvalue weighted by Crippen LogP contribution is -2.43. The zero-order chi connectivity index (χ0) is 40.4. The van der Waals surface area contributed by atoms with E-state index in [-0.39, 0.29) is 65.0 Å². The molecule has 292 valence electrons. The van der Waals surface area contributed by atoms with Crippen LogP contribution in [0.25, 0.3) is 0 Å². The molecule has 0 bridgehead atoms. The van der Waals surface area contributed by atoms with Crippen molar-refractivity contribution >= 4 is 17.9 Å². The molecule has 8 nitrogen and oxygen atoms in total. The minimum atomic E-state index is -1.40. The van der Waals surface area contributed by atoms with E-state index < -0.39 is 28.9 Å². The van der Waals surface area contributed by atoms with E-state index >= 15 is 0 Å². The highest BCUT2D eigenvalue weighted by atomic mass is 16.5. The summed E-state index contributed by atoms with van der Waals surface area (Å²) >= 11 is 0. The summed E-state index contributed by atoms with van der Waals surface area (Å²) in [6.45, 7) is 31.3. The number of carbonyl (C=O) groups is 3. The zero-order valence-corrected chi connectivity index (χ0v) is 35.0. The lowest BCUT2D eigenvalue weighted by molar-refractivity contribution is -0.170. The summed E-state index contributed by atoms with van der Waals surface area (Å²) in [7, 11) is 0. The molecule has 2 aromatic carbocycles. The van der Waals surface area contributed by atoms with Crippen LogP contribution in [-0.4, -0.2) is 45.9 Å². The van der Waals surface area contributed by atoms with E-state index in [1.807, 2.05) is 121 Å². The molecule has 2 rings (SSSR count). The fourth-order valence-corrected chi connectivity index (χ4v) is 6.17. The van der Waals surface area contributed by atoms with Gasteiger partial charge in [-0.05, 0) is 88.2 Å². The second-order valence-electron chi connectivity index (χ2n) is 20.1. The molecule has 0 aliphatic rings. The van der Waals surface area contributed by atoms with Crippen LogP contribution in [0, 0.1) is 10.8 Å². The van der Waals surface area contributed by atoms with Gasteiger partial charge in [-0.2, -0.15) is 0 Å². The van der Waals surface area contributed by atoms with Crippen LogP contribution in [0.1, 0.15) is 163 Å². The van der Waals surface area contributed by atoms with Gasteiger partial charge in [-0.3, -0.25) is 14.4 Å². The highest BCUT2D eigenvalue weighted by Gasteiger charge is 2.43. The molecule has 0 aromatic heterocycles. The van der Waals surface area contributed by atoms with E-state index in [1.54, 1.807) is 0 Å². The van der Waals surface area contributed by atoms with Crippen LogP contribution < -0.4 is 0 Å². The van der Waals surface area contributed by atoms with E-state index in [2.05, 4.69) is 0 Å². The maximum Gasteiger partial charge on any atom is 0.312 e. The van der Waals surface area contributed by atoms with Crippen molar-refractivity contribution in [3.8, 4) is 11.5 Å². The van der Waals surface area contributed by atoms with Crippen LogP contribution in [0.4, 0.5) is 0 Å². The van der Waals surface area contributed by atoms with Crippen LogP contribution in [0.5, 0.6) is 11.5 Å². The topological polar surface area (TPSA) is 130 Å². The molecule has 0 spiro atoms. The number of rotatable bonds is 13. The summed E-state index contributed by atoms with van der Waals surface area (Å²) in [6, 6.07) is 7.79. The molecule has 0 amide bonds. The van der Waals surface area contributed by atoms with Crippen molar-refractivity contribution in [1.29, 1.82) is 0 Å². The predicted octanol–water partition coefficient (Wildman–Crippen LogP) is 9.84. The number of carboxylic acid groups (broad SMARTS) is 1. The minimum Gasteiger partial charge on any atom is -0.507 e. The molecular formula is C44H68O8. The third-order valence-electron chi connectivity index (χ3n) is 9.80. The van der Waals surface area contributed by atoms with E-state index in [1.165, 1.54) is 13.8 Å². The van der Waals surface area contributed by atoms with E-state index in [0.717, 1.165) is 33.4 Å². The van der Waals surface area contributed by atoms with Crippen molar-refractivity contribution in [1.82, 2.24) is 0 Å². The van der Waals surface area contributed by atoms with Gasteiger partial charge in [0.05, 0.1) is 12.0 Å². The Hall–Kier alpha value is -3.55. The van der Waals surface area contributed by atoms with Crippen molar-refractivity contribution in [3.05, 3.63) is 57.6 Å². The fraction of sp³-hybridized carbons (Fsp3) is 0.659. The standard InChI is InChI=1S/C44H68O8/c1-39(2,3)29-21-27(22-30(36(29)47)40(4,5)6)17-19-34(45)51-26-43(13,14)25-33(44(15,16)38(49)50)52-35(46)20-18-28-23-31(41(7,8)9)37(48)32(24-28)42(10,11)12/h21-24,33,47-48H,17-20,25-26H2,1-16H3,(H,49,50). The number of carboxylic acids is 1. The Labute approximate surface area is 313 Å². The number of phenols is 2. The number of aryl methyl sites for hydroxylation is 2. The van der Waals surface area contributed by atoms with Crippen LogP contribution in [0.15, 0.2) is 24.3 Å². The molecule has 1 atom stereocenters. The number of carbonyl (C=O) groups excluding carboxylic acids is 2. The quantitative estimate of drug-likeness (QED) is 0.174. The van der Waals surface area contributed by atoms with Gasteiger partial charge >= 0.3 is 17.9 Å². The second-order valence-corrected chi connectivity index (χ2v) is 20.1. The molecule has 0 radical (unpaired) electrons. The number of phenolic OH excluding ortho intramolecular Hbond substituents is 2. The van der Waals surface area contributed by atoms with Gasteiger partial charge in [0.25, 0.3) is 0 Å².